The van der Waals surface area contributed by atoms with Gasteiger partial charge in [0, 0.05) is 44.6 Å². The van der Waals surface area contributed by atoms with Gasteiger partial charge in [-0.1, -0.05) is 37.3 Å². The first kappa shape index (κ1) is 23.6. The molecule has 2 aromatic rings. The number of ketones is 2. The number of amides is 1. The zero-order valence-corrected chi connectivity index (χ0v) is 18.7. The molecule has 2 heterocycles. The Hall–Kier alpha value is -3.06. The average Bonchev–Trinajstić information content (AvgIpc) is 2.80. The van der Waals surface area contributed by atoms with E-state index in [9.17, 15) is 19.2 Å². The van der Waals surface area contributed by atoms with E-state index in [1.54, 1.807) is 24.9 Å². The molecule has 32 heavy (non-hydrogen) atoms. The standard InChI is InChI=1S/C25H30N2O5/c1-3-23(29)22-14-20(16-27(25(22)31)15-19-8-5-4-6-9-19)24(30)11-7-10-21-17-26(18(2)28)12-13-32-21/h4-6,8-9,14,16,21H,3,7,10-13,15,17H2,1-2H3. The summed E-state index contributed by atoms with van der Waals surface area (Å²) in [5, 5.41) is 0. The fraction of sp³-hybridized carbons (Fsp3) is 0.440. The first-order valence-electron chi connectivity index (χ1n) is 11.1. The van der Waals surface area contributed by atoms with E-state index in [4.69, 9.17) is 4.74 Å². The van der Waals surface area contributed by atoms with Gasteiger partial charge in [0.15, 0.2) is 11.6 Å². The van der Waals surface area contributed by atoms with E-state index in [1.807, 2.05) is 30.3 Å². The summed E-state index contributed by atoms with van der Waals surface area (Å²) in [7, 11) is 0. The maximum Gasteiger partial charge on any atom is 0.261 e. The molecule has 1 aliphatic rings. The number of hydrogen-bond donors (Lipinski definition) is 0. The number of pyridine rings is 1. The molecule has 0 bridgehead atoms. The van der Waals surface area contributed by atoms with Crippen LogP contribution in [0.25, 0.3) is 0 Å². The third-order valence-electron chi connectivity index (χ3n) is 5.74. The molecular formula is C25H30N2O5. The molecule has 3 rings (SSSR count). The summed E-state index contributed by atoms with van der Waals surface area (Å²) in [6.45, 7) is 5.19. The van der Waals surface area contributed by atoms with E-state index < -0.39 is 0 Å². The van der Waals surface area contributed by atoms with Gasteiger partial charge in [-0.25, -0.2) is 0 Å². The molecule has 0 aliphatic carbocycles. The van der Waals surface area contributed by atoms with Crippen molar-refractivity contribution in [3.63, 3.8) is 0 Å². The Bertz CT molecular complexity index is 1030. The number of aromatic nitrogens is 1. The average molecular weight is 439 g/mol. The van der Waals surface area contributed by atoms with Gasteiger partial charge in [-0.05, 0) is 24.5 Å². The van der Waals surface area contributed by atoms with E-state index in [0.717, 1.165) is 5.56 Å². The molecule has 7 nitrogen and oxygen atoms in total. The summed E-state index contributed by atoms with van der Waals surface area (Å²) >= 11 is 0. The largest absolute Gasteiger partial charge is 0.375 e. The lowest BCUT2D eigenvalue weighted by Crippen LogP contribution is -2.44. The Kier molecular flexibility index (Phi) is 8.11. The van der Waals surface area contributed by atoms with Crippen LogP contribution in [0.1, 0.15) is 65.8 Å². The highest BCUT2D eigenvalue weighted by Crippen LogP contribution is 2.15. The minimum absolute atomic E-state index is 0.0307. The first-order chi connectivity index (χ1) is 15.4. The maximum absolute atomic E-state index is 12.9. The Balaban J connectivity index is 1.72. The van der Waals surface area contributed by atoms with Crippen LogP contribution in [0, 0.1) is 0 Å². The van der Waals surface area contributed by atoms with Crippen LogP contribution in [0.4, 0.5) is 0 Å². The van der Waals surface area contributed by atoms with Gasteiger partial charge in [0.2, 0.25) is 5.91 Å². The summed E-state index contributed by atoms with van der Waals surface area (Å²) in [5.74, 6) is -0.356. The number of morpholine rings is 1. The highest BCUT2D eigenvalue weighted by Gasteiger charge is 2.22. The van der Waals surface area contributed by atoms with Crippen LogP contribution in [0.2, 0.25) is 0 Å². The molecule has 1 aliphatic heterocycles. The predicted octanol–water partition coefficient (Wildman–Crippen LogP) is 3.09. The van der Waals surface area contributed by atoms with E-state index in [-0.39, 0.29) is 47.5 Å². The van der Waals surface area contributed by atoms with Crippen molar-refractivity contribution in [1.29, 1.82) is 0 Å². The lowest BCUT2D eigenvalue weighted by molar-refractivity contribution is -0.136. The van der Waals surface area contributed by atoms with Crippen molar-refractivity contribution in [2.45, 2.75) is 52.2 Å². The number of carbonyl (C=O) groups excluding carboxylic acids is 3. The second-order valence-corrected chi connectivity index (χ2v) is 8.11. The van der Waals surface area contributed by atoms with Crippen molar-refractivity contribution in [2.24, 2.45) is 0 Å². The van der Waals surface area contributed by atoms with Crippen molar-refractivity contribution in [1.82, 2.24) is 9.47 Å². The molecule has 0 spiro atoms. The maximum atomic E-state index is 12.9. The number of nitrogens with zero attached hydrogens (tertiary/aromatic N) is 2. The summed E-state index contributed by atoms with van der Waals surface area (Å²) in [6.07, 6.45) is 3.22. The van der Waals surface area contributed by atoms with Crippen LogP contribution in [0.3, 0.4) is 0 Å². The molecule has 1 atom stereocenters. The predicted molar refractivity (Wildman–Crippen MR) is 121 cm³/mol. The third-order valence-corrected chi connectivity index (χ3v) is 5.74. The van der Waals surface area contributed by atoms with Gasteiger partial charge in [-0.15, -0.1) is 0 Å². The minimum atomic E-state index is -0.378. The van der Waals surface area contributed by atoms with Gasteiger partial charge in [0.25, 0.3) is 5.56 Å². The second-order valence-electron chi connectivity index (χ2n) is 8.11. The van der Waals surface area contributed by atoms with Crippen LogP contribution in [-0.4, -0.2) is 52.7 Å². The van der Waals surface area contributed by atoms with Crippen molar-refractivity contribution in [3.05, 3.63) is 69.6 Å². The van der Waals surface area contributed by atoms with Crippen LogP contribution >= 0.6 is 0 Å². The molecule has 7 heteroatoms. The lowest BCUT2D eigenvalue weighted by Gasteiger charge is -2.32. The smallest absolute Gasteiger partial charge is 0.261 e. The highest BCUT2D eigenvalue weighted by molar-refractivity contribution is 6.00. The van der Waals surface area contributed by atoms with Crippen molar-refractivity contribution >= 4 is 17.5 Å². The van der Waals surface area contributed by atoms with Gasteiger partial charge >= 0.3 is 0 Å². The van der Waals surface area contributed by atoms with E-state index in [0.29, 0.717) is 44.6 Å². The number of benzene rings is 1. The van der Waals surface area contributed by atoms with Crippen LogP contribution in [0.15, 0.2) is 47.4 Å². The summed E-state index contributed by atoms with van der Waals surface area (Å²) in [4.78, 5) is 51.4. The zero-order chi connectivity index (χ0) is 23.1. The van der Waals surface area contributed by atoms with Gasteiger partial charge in [-0.2, -0.15) is 0 Å². The molecule has 170 valence electrons. The molecule has 0 N–H and O–H groups in total. The monoisotopic (exact) mass is 438 g/mol. The molecule has 1 amide bonds. The van der Waals surface area contributed by atoms with Gasteiger partial charge in [0.1, 0.15) is 0 Å². The van der Waals surface area contributed by atoms with Crippen molar-refractivity contribution < 1.29 is 19.1 Å². The van der Waals surface area contributed by atoms with Crippen LogP contribution in [-0.2, 0) is 16.1 Å². The number of ether oxygens (including phenoxy) is 1. The van der Waals surface area contributed by atoms with Gasteiger partial charge < -0.3 is 14.2 Å². The topological polar surface area (TPSA) is 85.7 Å². The third kappa shape index (κ3) is 6.01. The normalized spacial score (nSPS) is 16.1. The summed E-state index contributed by atoms with van der Waals surface area (Å²) in [6, 6.07) is 10.9. The molecule has 0 radical (unpaired) electrons. The molecule has 1 fully saturated rings. The first-order valence-corrected chi connectivity index (χ1v) is 11.1. The molecule has 1 unspecified atom stereocenters. The molecule has 0 saturated carbocycles. The van der Waals surface area contributed by atoms with Gasteiger partial charge in [0.05, 0.1) is 24.8 Å². The molecular weight excluding hydrogens is 408 g/mol. The van der Waals surface area contributed by atoms with E-state index in [1.165, 1.54) is 10.6 Å². The van der Waals surface area contributed by atoms with Crippen molar-refractivity contribution in [2.75, 3.05) is 19.7 Å². The fourth-order valence-electron chi connectivity index (χ4n) is 3.89. The number of rotatable bonds is 9. The Morgan fingerprint density at radius 2 is 1.88 bits per heavy atom. The second kappa shape index (κ2) is 11.0. The van der Waals surface area contributed by atoms with E-state index in [2.05, 4.69) is 0 Å². The highest BCUT2D eigenvalue weighted by atomic mass is 16.5. The Morgan fingerprint density at radius 1 is 1.12 bits per heavy atom. The molecule has 1 aromatic carbocycles. The fourth-order valence-corrected chi connectivity index (χ4v) is 3.89. The van der Waals surface area contributed by atoms with Crippen LogP contribution < -0.4 is 5.56 Å². The summed E-state index contributed by atoms with van der Waals surface area (Å²) < 4.78 is 7.16. The zero-order valence-electron chi connectivity index (χ0n) is 18.7. The number of Topliss-reactive ketones (excluding diaryl/α,β-unsaturated/α-hetero) is 2. The Morgan fingerprint density at radius 3 is 2.56 bits per heavy atom. The van der Waals surface area contributed by atoms with Crippen molar-refractivity contribution in [3.8, 4) is 0 Å². The molecule has 1 saturated heterocycles. The quantitative estimate of drug-likeness (QED) is 0.562. The molecule has 1 aromatic heterocycles. The Labute approximate surface area is 188 Å². The minimum Gasteiger partial charge on any atom is -0.375 e. The summed E-state index contributed by atoms with van der Waals surface area (Å²) in [5.41, 5.74) is 0.963. The number of hydrogen-bond acceptors (Lipinski definition) is 5. The van der Waals surface area contributed by atoms with Gasteiger partial charge in [-0.3, -0.25) is 19.2 Å². The van der Waals surface area contributed by atoms with Crippen LogP contribution in [0.5, 0.6) is 0 Å². The lowest BCUT2D eigenvalue weighted by atomic mass is 10.0. The van der Waals surface area contributed by atoms with E-state index >= 15 is 0 Å². The SMILES string of the molecule is CCC(=O)c1cc(C(=O)CCCC2CN(C(C)=O)CCO2)cn(Cc2ccccc2)c1=O. The number of carbonyl (C=O) groups is 3.